The zero-order valence-corrected chi connectivity index (χ0v) is 17.9. The van der Waals surface area contributed by atoms with Gasteiger partial charge in [-0.2, -0.15) is 8.42 Å². The van der Waals surface area contributed by atoms with Gasteiger partial charge in [0, 0.05) is 6.08 Å². The Hall–Kier alpha value is -2.43. The number of carbonyl (C=O) groups is 2. The number of esters is 1. The summed E-state index contributed by atoms with van der Waals surface area (Å²) in [6, 6.07) is 8.80. The van der Waals surface area contributed by atoms with E-state index < -0.39 is 34.3 Å². The molecule has 2 atom stereocenters. The van der Waals surface area contributed by atoms with Crippen molar-refractivity contribution in [3.8, 4) is 0 Å². The predicted octanol–water partition coefficient (Wildman–Crippen LogP) is 1.88. The zero-order chi connectivity index (χ0) is 22.0. The van der Waals surface area contributed by atoms with Crippen molar-refractivity contribution >= 4 is 22.2 Å². The summed E-state index contributed by atoms with van der Waals surface area (Å²) < 4.78 is 43.6. The molecule has 0 saturated carbocycles. The topological polar surface area (TPSA) is 108 Å². The molecule has 10 heteroatoms. The molecule has 0 spiro atoms. The summed E-state index contributed by atoms with van der Waals surface area (Å²) in [6.07, 6.45) is 2.78. The van der Waals surface area contributed by atoms with Crippen LogP contribution in [-0.2, 0) is 39.9 Å². The lowest BCUT2D eigenvalue weighted by atomic mass is 10.2. The number of rotatable bonds is 10. The fourth-order valence-electron chi connectivity index (χ4n) is 2.98. The summed E-state index contributed by atoms with van der Waals surface area (Å²) in [7, 11) is -3.66. The van der Waals surface area contributed by atoms with E-state index in [4.69, 9.17) is 18.4 Å². The number of amides is 1. The van der Waals surface area contributed by atoms with Crippen LogP contribution in [0.4, 0.5) is 4.79 Å². The van der Waals surface area contributed by atoms with Crippen molar-refractivity contribution in [3.63, 3.8) is 0 Å². The minimum absolute atomic E-state index is 0.0768. The number of hydrogen-bond donors (Lipinski definition) is 0. The van der Waals surface area contributed by atoms with Crippen LogP contribution in [0, 0.1) is 0 Å². The van der Waals surface area contributed by atoms with Gasteiger partial charge < -0.3 is 19.1 Å². The molecule has 166 valence electrons. The van der Waals surface area contributed by atoms with E-state index in [-0.39, 0.29) is 39.4 Å². The lowest BCUT2D eigenvalue weighted by Gasteiger charge is -2.23. The maximum atomic E-state index is 12.6. The SMILES string of the molecule is CCOC(=O)/C=C/COC[C@@H]1C[C@@H](OS(C)(=O)=O)CN1C(=O)OCc1ccccc1. The molecule has 0 radical (unpaired) electrons. The Bertz CT molecular complexity index is 824. The van der Waals surface area contributed by atoms with Crippen LogP contribution in [0.15, 0.2) is 42.5 Å². The zero-order valence-electron chi connectivity index (χ0n) is 17.1. The number of nitrogens with zero attached hydrogens (tertiary/aromatic N) is 1. The van der Waals surface area contributed by atoms with Crippen molar-refractivity contribution in [1.29, 1.82) is 0 Å². The van der Waals surface area contributed by atoms with Crippen molar-refractivity contribution < 1.29 is 36.4 Å². The van der Waals surface area contributed by atoms with Crippen molar-refractivity contribution in [2.24, 2.45) is 0 Å². The van der Waals surface area contributed by atoms with Gasteiger partial charge in [0.2, 0.25) is 0 Å². The van der Waals surface area contributed by atoms with Gasteiger partial charge in [-0.25, -0.2) is 9.59 Å². The number of likely N-dealkylation sites (tertiary alicyclic amines) is 1. The van der Waals surface area contributed by atoms with Gasteiger partial charge in [-0.1, -0.05) is 36.4 Å². The van der Waals surface area contributed by atoms with Crippen molar-refractivity contribution in [1.82, 2.24) is 4.90 Å². The first kappa shape index (κ1) is 23.8. The molecular weight excluding hydrogens is 414 g/mol. The second kappa shape index (κ2) is 11.7. The first-order chi connectivity index (χ1) is 14.3. The molecule has 0 unspecified atom stereocenters. The number of benzene rings is 1. The first-order valence-electron chi connectivity index (χ1n) is 9.55. The highest BCUT2D eigenvalue weighted by molar-refractivity contribution is 7.86. The predicted molar refractivity (Wildman–Crippen MR) is 108 cm³/mol. The quantitative estimate of drug-likeness (QED) is 0.234. The smallest absolute Gasteiger partial charge is 0.410 e. The van der Waals surface area contributed by atoms with Gasteiger partial charge in [0.1, 0.15) is 6.61 Å². The number of ether oxygens (including phenoxy) is 3. The molecule has 1 aliphatic heterocycles. The van der Waals surface area contributed by atoms with Crippen LogP contribution in [-0.4, -0.2) is 70.1 Å². The lowest BCUT2D eigenvalue weighted by molar-refractivity contribution is -0.137. The summed E-state index contributed by atoms with van der Waals surface area (Å²) >= 11 is 0. The highest BCUT2D eigenvalue weighted by Crippen LogP contribution is 2.23. The van der Waals surface area contributed by atoms with Gasteiger partial charge in [-0.3, -0.25) is 4.18 Å². The Morgan fingerprint density at radius 3 is 2.60 bits per heavy atom. The Morgan fingerprint density at radius 2 is 1.93 bits per heavy atom. The Morgan fingerprint density at radius 1 is 1.20 bits per heavy atom. The van der Waals surface area contributed by atoms with Gasteiger partial charge >= 0.3 is 12.1 Å². The molecule has 0 N–H and O–H groups in total. The van der Waals surface area contributed by atoms with E-state index in [1.165, 1.54) is 17.1 Å². The molecule has 1 aliphatic rings. The largest absolute Gasteiger partial charge is 0.463 e. The van der Waals surface area contributed by atoms with E-state index in [2.05, 4.69) is 0 Å². The first-order valence-corrected chi connectivity index (χ1v) is 11.4. The second-order valence-electron chi connectivity index (χ2n) is 6.70. The minimum atomic E-state index is -3.66. The van der Waals surface area contributed by atoms with E-state index >= 15 is 0 Å². The second-order valence-corrected chi connectivity index (χ2v) is 8.30. The van der Waals surface area contributed by atoms with Crippen molar-refractivity contribution in [2.45, 2.75) is 32.1 Å². The van der Waals surface area contributed by atoms with Gasteiger partial charge in [0.15, 0.2) is 0 Å². The van der Waals surface area contributed by atoms with Crippen molar-refractivity contribution in [2.75, 3.05) is 32.6 Å². The summed E-state index contributed by atoms with van der Waals surface area (Å²) in [5.41, 5.74) is 0.839. The Balaban J connectivity index is 1.91. The maximum absolute atomic E-state index is 12.6. The van der Waals surface area contributed by atoms with Gasteiger partial charge in [0.05, 0.1) is 44.8 Å². The van der Waals surface area contributed by atoms with E-state index in [0.29, 0.717) is 0 Å². The fraction of sp³-hybridized carbons (Fsp3) is 0.500. The van der Waals surface area contributed by atoms with Crippen LogP contribution in [0.2, 0.25) is 0 Å². The Kier molecular flexibility index (Phi) is 9.28. The van der Waals surface area contributed by atoms with Crippen LogP contribution < -0.4 is 0 Å². The molecule has 30 heavy (non-hydrogen) atoms. The summed E-state index contributed by atoms with van der Waals surface area (Å²) in [5, 5.41) is 0. The molecular formula is C20H27NO8S. The van der Waals surface area contributed by atoms with Crippen molar-refractivity contribution in [3.05, 3.63) is 48.0 Å². The van der Waals surface area contributed by atoms with Crippen LogP contribution >= 0.6 is 0 Å². The lowest BCUT2D eigenvalue weighted by Crippen LogP contribution is -2.39. The molecule has 0 bridgehead atoms. The number of carbonyl (C=O) groups excluding carboxylic acids is 2. The highest BCUT2D eigenvalue weighted by atomic mass is 32.2. The molecule has 1 aromatic carbocycles. The molecule has 1 heterocycles. The average Bonchev–Trinajstić information content (AvgIpc) is 3.07. The van der Waals surface area contributed by atoms with E-state index in [1.54, 1.807) is 6.92 Å². The fourth-order valence-corrected chi connectivity index (χ4v) is 3.62. The molecule has 1 saturated heterocycles. The average molecular weight is 442 g/mol. The van der Waals surface area contributed by atoms with Crippen LogP contribution in [0.3, 0.4) is 0 Å². The molecule has 1 fully saturated rings. The normalized spacial score (nSPS) is 19.2. The standard InChI is InChI=1S/C20H27NO8S/c1-3-27-19(22)10-7-11-26-15-17-12-18(29-30(2,24)25)13-21(17)20(23)28-14-16-8-5-4-6-9-16/h4-10,17-18H,3,11-15H2,1-2H3/b10-7+/t17-,18+/m0/s1. The van der Waals surface area contributed by atoms with Gasteiger partial charge in [-0.05, 0) is 18.9 Å². The maximum Gasteiger partial charge on any atom is 0.410 e. The monoisotopic (exact) mass is 441 g/mol. The molecule has 1 aromatic rings. The molecule has 9 nitrogen and oxygen atoms in total. The Labute approximate surface area is 176 Å². The molecule has 0 aliphatic carbocycles. The molecule has 1 amide bonds. The summed E-state index contributed by atoms with van der Waals surface area (Å²) in [6.45, 7) is 2.45. The molecule has 2 rings (SSSR count). The van der Waals surface area contributed by atoms with Gasteiger partial charge in [-0.15, -0.1) is 0 Å². The van der Waals surface area contributed by atoms with Crippen LogP contribution in [0.5, 0.6) is 0 Å². The molecule has 0 aromatic heterocycles. The third kappa shape index (κ3) is 8.52. The van der Waals surface area contributed by atoms with E-state index in [1.807, 2.05) is 30.3 Å². The van der Waals surface area contributed by atoms with Crippen LogP contribution in [0.25, 0.3) is 0 Å². The summed E-state index contributed by atoms with van der Waals surface area (Å²) in [4.78, 5) is 25.2. The third-order valence-electron chi connectivity index (χ3n) is 4.19. The third-order valence-corrected chi connectivity index (χ3v) is 4.81. The van der Waals surface area contributed by atoms with E-state index in [0.717, 1.165) is 11.8 Å². The van der Waals surface area contributed by atoms with Gasteiger partial charge in [0.25, 0.3) is 10.1 Å². The number of hydrogen-bond acceptors (Lipinski definition) is 8. The highest BCUT2D eigenvalue weighted by Gasteiger charge is 2.38. The minimum Gasteiger partial charge on any atom is -0.463 e. The van der Waals surface area contributed by atoms with Crippen LogP contribution in [0.1, 0.15) is 18.9 Å². The van der Waals surface area contributed by atoms with E-state index in [9.17, 15) is 18.0 Å². The summed E-state index contributed by atoms with van der Waals surface area (Å²) in [5.74, 6) is -0.463.